The van der Waals surface area contributed by atoms with E-state index in [1.54, 1.807) is 0 Å². The van der Waals surface area contributed by atoms with E-state index in [9.17, 15) is 14.9 Å². The Morgan fingerprint density at radius 3 is 3.00 bits per heavy atom. The lowest BCUT2D eigenvalue weighted by Gasteiger charge is -1.95. The van der Waals surface area contributed by atoms with Crippen LogP contribution in [0.1, 0.15) is 5.69 Å². The topological polar surface area (TPSA) is 88.9 Å². The zero-order chi connectivity index (χ0) is 9.84. The summed E-state index contributed by atoms with van der Waals surface area (Å²) in [4.78, 5) is 26.5. The monoisotopic (exact) mass is 181 g/mol. The number of nitrogens with one attached hydrogen (secondary N) is 1. The summed E-state index contributed by atoms with van der Waals surface area (Å²) in [6.07, 6.45) is 2.79. The molecule has 68 valence electrons. The second kappa shape index (κ2) is 3.61. The zero-order valence-corrected chi connectivity index (χ0v) is 6.69. The van der Waals surface area contributed by atoms with Gasteiger partial charge in [-0.1, -0.05) is 6.08 Å². The first-order valence-electron chi connectivity index (χ1n) is 3.48. The summed E-state index contributed by atoms with van der Waals surface area (Å²) in [5.74, 6) is 0. The molecule has 6 nitrogen and oxygen atoms in total. The van der Waals surface area contributed by atoms with Crippen LogP contribution in [0.2, 0.25) is 0 Å². The molecule has 1 aromatic rings. The fourth-order valence-corrected chi connectivity index (χ4v) is 0.904. The maximum absolute atomic E-state index is 11.0. The summed E-state index contributed by atoms with van der Waals surface area (Å²) in [5, 5.41) is 10.4. The van der Waals surface area contributed by atoms with Gasteiger partial charge >= 0.3 is 11.2 Å². The number of rotatable bonds is 3. The van der Waals surface area contributed by atoms with Crippen molar-refractivity contribution in [3.8, 4) is 0 Å². The van der Waals surface area contributed by atoms with Gasteiger partial charge in [0.05, 0.1) is 11.3 Å². The van der Waals surface area contributed by atoms with Gasteiger partial charge in [0.25, 0.3) is 0 Å². The molecule has 0 amide bonds. The predicted molar refractivity (Wildman–Crippen MR) is 45.4 cm³/mol. The molecule has 0 spiro atoms. The first kappa shape index (κ1) is 9.11. The molecule has 1 aromatic heterocycles. The second-order valence-corrected chi connectivity index (χ2v) is 2.28. The highest BCUT2D eigenvalue weighted by atomic mass is 16.6. The lowest BCUT2D eigenvalue weighted by molar-refractivity contribution is -0.387. The Morgan fingerprint density at radius 2 is 2.46 bits per heavy atom. The molecule has 0 saturated carbocycles. The van der Waals surface area contributed by atoms with E-state index in [0.717, 1.165) is 6.33 Å². The molecule has 0 fully saturated rings. The third kappa shape index (κ3) is 1.78. The summed E-state index contributed by atoms with van der Waals surface area (Å²) in [5.41, 5.74) is -1.12. The molecular weight excluding hydrogens is 174 g/mol. The second-order valence-electron chi connectivity index (χ2n) is 2.28. The highest BCUT2D eigenvalue weighted by Crippen LogP contribution is 2.08. The van der Waals surface area contributed by atoms with Gasteiger partial charge < -0.3 is 4.98 Å². The van der Waals surface area contributed by atoms with Gasteiger partial charge in [-0.05, 0) is 0 Å². The minimum Gasteiger partial charge on any atom is -0.307 e. The number of aromatic amines is 1. The van der Waals surface area contributed by atoms with E-state index < -0.39 is 16.2 Å². The molecule has 0 atom stereocenters. The van der Waals surface area contributed by atoms with Gasteiger partial charge in [-0.15, -0.1) is 6.58 Å². The predicted octanol–water partition coefficient (Wildman–Crippen LogP) is 0.407. The van der Waals surface area contributed by atoms with E-state index in [4.69, 9.17) is 0 Å². The first-order chi connectivity index (χ1) is 6.16. The number of hydrogen-bond donors (Lipinski definition) is 1. The van der Waals surface area contributed by atoms with E-state index in [1.807, 2.05) is 0 Å². The van der Waals surface area contributed by atoms with Crippen LogP contribution in [-0.4, -0.2) is 14.9 Å². The van der Waals surface area contributed by atoms with E-state index >= 15 is 0 Å². The third-order valence-corrected chi connectivity index (χ3v) is 1.42. The van der Waals surface area contributed by atoms with E-state index in [-0.39, 0.29) is 12.1 Å². The zero-order valence-electron chi connectivity index (χ0n) is 6.69. The van der Waals surface area contributed by atoms with Crippen LogP contribution >= 0.6 is 0 Å². The number of hydrogen-bond acceptors (Lipinski definition) is 4. The molecule has 0 aliphatic heterocycles. The minimum absolute atomic E-state index is 0.128. The van der Waals surface area contributed by atoms with Crippen LogP contribution in [-0.2, 0) is 6.42 Å². The average molecular weight is 181 g/mol. The van der Waals surface area contributed by atoms with E-state index in [0.29, 0.717) is 0 Å². The minimum atomic E-state index is -0.745. The largest absolute Gasteiger partial charge is 0.355 e. The number of aromatic nitrogens is 2. The quantitative estimate of drug-likeness (QED) is 0.415. The number of H-pyrrole nitrogens is 1. The van der Waals surface area contributed by atoms with Crippen LogP contribution in [0.15, 0.2) is 23.8 Å². The highest BCUT2D eigenvalue weighted by molar-refractivity contribution is 5.32. The Bertz CT molecular complexity index is 396. The number of nitrogens with zero attached hydrogens (tertiary/aromatic N) is 2. The Balaban J connectivity index is 3.33. The lowest BCUT2D eigenvalue weighted by atomic mass is 10.2. The summed E-state index contributed by atoms with van der Waals surface area (Å²) in [6.45, 7) is 3.41. The molecule has 1 N–H and O–H groups in total. The molecule has 0 aliphatic rings. The van der Waals surface area contributed by atoms with E-state index in [1.165, 1.54) is 6.08 Å². The molecule has 6 heteroatoms. The third-order valence-electron chi connectivity index (χ3n) is 1.42. The van der Waals surface area contributed by atoms with Crippen molar-refractivity contribution in [3.05, 3.63) is 45.1 Å². The van der Waals surface area contributed by atoms with Crippen molar-refractivity contribution in [1.29, 1.82) is 0 Å². The lowest BCUT2D eigenvalue weighted by Crippen LogP contribution is -2.15. The van der Waals surface area contributed by atoms with Crippen molar-refractivity contribution in [3.63, 3.8) is 0 Å². The van der Waals surface area contributed by atoms with Gasteiger partial charge in [-0.2, -0.15) is 0 Å². The van der Waals surface area contributed by atoms with Crippen molar-refractivity contribution in [2.45, 2.75) is 6.42 Å². The SMILES string of the molecule is C=CCc1nc[nH]c(=O)c1[N+](=O)[O-]. The van der Waals surface area contributed by atoms with E-state index in [2.05, 4.69) is 16.5 Å². The summed E-state index contributed by atoms with van der Waals surface area (Å²) in [6, 6.07) is 0. The Hall–Kier alpha value is -1.98. The fourth-order valence-electron chi connectivity index (χ4n) is 0.904. The summed E-state index contributed by atoms with van der Waals surface area (Å²) in [7, 11) is 0. The molecule has 0 bridgehead atoms. The van der Waals surface area contributed by atoms with Crippen molar-refractivity contribution in [2.75, 3.05) is 0 Å². The summed E-state index contributed by atoms with van der Waals surface area (Å²) < 4.78 is 0. The maximum atomic E-state index is 11.0. The van der Waals surface area contributed by atoms with Crippen LogP contribution in [0.25, 0.3) is 0 Å². The Morgan fingerprint density at radius 1 is 1.77 bits per heavy atom. The number of nitro groups is 1. The van der Waals surface area contributed by atoms with Gasteiger partial charge in [0.15, 0.2) is 0 Å². The van der Waals surface area contributed by atoms with Gasteiger partial charge in [0.2, 0.25) is 0 Å². The average Bonchev–Trinajstić information content (AvgIpc) is 2.04. The maximum Gasteiger partial charge on any atom is 0.355 e. The van der Waals surface area contributed by atoms with Gasteiger partial charge in [0, 0.05) is 6.42 Å². The number of allylic oxidation sites excluding steroid dienone is 1. The molecule has 0 saturated heterocycles. The smallest absolute Gasteiger partial charge is 0.307 e. The molecule has 13 heavy (non-hydrogen) atoms. The fraction of sp³-hybridized carbons (Fsp3) is 0.143. The van der Waals surface area contributed by atoms with Crippen LogP contribution in [0.3, 0.4) is 0 Å². The first-order valence-corrected chi connectivity index (χ1v) is 3.48. The van der Waals surface area contributed by atoms with Crippen molar-refractivity contribution in [2.24, 2.45) is 0 Å². The van der Waals surface area contributed by atoms with Crippen molar-refractivity contribution < 1.29 is 4.92 Å². The van der Waals surface area contributed by atoms with Gasteiger partial charge in [0.1, 0.15) is 5.69 Å². The van der Waals surface area contributed by atoms with Crippen molar-refractivity contribution in [1.82, 2.24) is 9.97 Å². The van der Waals surface area contributed by atoms with Crippen LogP contribution in [0, 0.1) is 10.1 Å². The van der Waals surface area contributed by atoms with Gasteiger partial charge in [-0.25, -0.2) is 4.98 Å². The van der Waals surface area contributed by atoms with Crippen LogP contribution in [0.5, 0.6) is 0 Å². The molecule has 1 rings (SSSR count). The molecular formula is C7H7N3O3. The molecule has 0 radical (unpaired) electrons. The van der Waals surface area contributed by atoms with Gasteiger partial charge in [-0.3, -0.25) is 14.9 Å². The Labute approximate surface area is 73.1 Å². The molecule has 1 heterocycles. The summed E-state index contributed by atoms with van der Waals surface area (Å²) >= 11 is 0. The molecule has 0 unspecified atom stereocenters. The normalized spacial score (nSPS) is 9.54. The molecule has 0 aromatic carbocycles. The van der Waals surface area contributed by atoms with Crippen LogP contribution < -0.4 is 5.56 Å². The molecule has 0 aliphatic carbocycles. The Kier molecular flexibility index (Phi) is 2.53. The standard InChI is InChI=1S/C7H7N3O3/c1-2-3-5-6(10(12)13)7(11)9-4-8-5/h2,4H,1,3H2,(H,8,9,11). The highest BCUT2D eigenvalue weighted by Gasteiger charge is 2.18. The van der Waals surface area contributed by atoms with Crippen LogP contribution in [0.4, 0.5) is 5.69 Å². The van der Waals surface area contributed by atoms with Crippen molar-refractivity contribution >= 4 is 5.69 Å².